The lowest BCUT2D eigenvalue weighted by Crippen LogP contribution is -2.24. The topological polar surface area (TPSA) is 80.7 Å². The van der Waals surface area contributed by atoms with Crippen LogP contribution in [0, 0.1) is 0 Å². The van der Waals surface area contributed by atoms with Gasteiger partial charge in [-0.15, -0.1) is 0 Å². The molecule has 0 spiro atoms. The van der Waals surface area contributed by atoms with Gasteiger partial charge in [-0.2, -0.15) is 0 Å². The van der Waals surface area contributed by atoms with Crippen LogP contribution in [0.5, 0.6) is 0 Å². The molecule has 0 bridgehead atoms. The molecule has 0 fully saturated rings. The molecule has 0 aliphatic rings. The van der Waals surface area contributed by atoms with Crippen molar-refractivity contribution in [3.8, 4) is 0 Å². The standard InChI is InChI=1S/C5H6O5/c1-3(7)5(9)10-4(8)2-6/h2,5,9H,1H3. The van der Waals surface area contributed by atoms with Gasteiger partial charge in [0.05, 0.1) is 0 Å². The van der Waals surface area contributed by atoms with Gasteiger partial charge in [-0.1, -0.05) is 0 Å². The van der Waals surface area contributed by atoms with Crippen LogP contribution in [-0.4, -0.2) is 29.4 Å². The van der Waals surface area contributed by atoms with Crippen LogP contribution < -0.4 is 0 Å². The van der Waals surface area contributed by atoms with Gasteiger partial charge in [0.15, 0.2) is 5.78 Å². The zero-order valence-corrected chi connectivity index (χ0v) is 5.23. The molecule has 56 valence electrons. The van der Waals surface area contributed by atoms with E-state index in [9.17, 15) is 14.4 Å². The first-order valence-corrected chi connectivity index (χ1v) is 2.42. The molecule has 0 aromatic heterocycles. The normalized spacial score (nSPS) is 11.8. The van der Waals surface area contributed by atoms with E-state index in [1.165, 1.54) is 0 Å². The van der Waals surface area contributed by atoms with E-state index >= 15 is 0 Å². The molecule has 0 saturated carbocycles. The molecule has 1 unspecified atom stereocenters. The maximum absolute atomic E-state index is 10.2. The first-order chi connectivity index (χ1) is 4.57. The molecule has 0 rings (SSSR count). The number of hydrogen-bond acceptors (Lipinski definition) is 5. The molecule has 0 saturated heterocycles. The predicted molar refractivity (Wildman–Crippen MR) is 28.8 cm³/mol. The van der Waals surface area contributed by atoms with Crippen LogP contribution in [0.15, 0.2) is 0 Å². The van der Waals surface area contributed by atoms with Crippen LogP contribution in [0.1, 0.15) is 6.92 Å². The summed E-state index contributed by atoms with van der Waals surface area (Å²) in [6.45, 7) is 1.03. The second-order valence-corrected chi connectivity index (χ2v) is 1.52. The number of Topliss-reactive ketones (excluding diaryl/α,β-unsaturated/α-hetero) is 1. The third kappa shape index (κ3) is 2.93. The molecule has 0 aromatic rings. The fraction of sp³-hybridized carbons (Fsp3) is 0.400. The van der Waals surface area contributed by atoms with Gasteiger partial charge in [0.1, 0.15) is 0 Å². The largest absolute Gasteiger partial charge is 0.423 e. The quantitative estimate of drug-likeness (QED) is 0.230. The lowest BCUT2D eigenvalue weighted by atomic mass is 10.4. The second kappa shape index (κ2) is 3.73. The van der Waals surface area contributed by atoms with Gasteiger partial charge in [0, 0.05) is 6.92 Å². The molecular weight excluding hydrogens is 140 g/mol. The summed E-state index contributed by atoms with van der Waals surface area (Å²) < 4.78 is 3.86. The van der Waals surface area contributed by atoms with Crippen LogP contribution in [0.25, 0.3) is 0 Å². The Morgan fingerprint density at radius 2 is 2.10 bits per heavy atom. The summed E-state index contributed by atoms with van der Waals surface area (Å²) in [6.07, 6.45) is -1.95. The van der Waals surface area contributed by atoms with E-state index in [1.807, 2.05) is 0 Å². The second-order valence-electron chi connectivity index (χ2n) is 1.52. The lowest BCUT2D eigenvalue weighted by Gasteiger charge is -2.03. The number of esters is 1. The summed E-state index contributed by atoms with van der Waals surface area (Å²) in [5.41, 5.74) is 0. The first kappa shape index (κ1) is 8.77. The summed E-state index contributed by atoms with van der Waals surface area (Å²) >= 11 is 0. The van der Waals surface area contributed by atoms with E-state index in [-0.39, 0.29) is 6.29 Å². The highest BCUT2D eigenvalue weighted by molar-refractivity contribution is 6.20. The molecule has 5 heteroatoms. The number of aliphatic hydroxyl groups excluding tert-OH is 1. The third-order valence-corrected chi connectivity index (χ3v) is 0.672. The van der Waals surface area contributed by atoms with Crippen molar-refractivity contribution in [3.05, 3.63) is 0 Å². The Balaban J connectivity index is 3.79. The monoisotopic (exact) mass is 146 g/mol. The molecule has 0 heterocycles. The zero-order chi connectivity index (χ0) is 8.15. The van der Waals surface area contributed by atoms with Gasteiger partial charge in [-0.05, 0) is 0 Å². The molecule has 0 amide bonds. The van der Waals surface area contributed by atoms with Crippen molar-refractivity contribution < 1.29 is 24.2 Å². The smallest absolute Gasteiger partial charge is 0.373 e. The summed E-state index contributed by atoms with van der Waals surface area (Å²) in [6, 6.07) is 0. The van der Waals surface area contributed by atoms with Crippen LogP contribution in [0.4, 0.5) is 0 Å². The highest BCUT2D eigenvalue weighted by Crippen LogP contribution is 1.87. The van der Waals surface area contributed by atoms with Crippen LogP contribution in [0.2, 0.25) is 0 Å². The number of aldehydes is 1. The van der Waals surface area contributed by atoms with Crippen molar-refractivity contribution >= 4 is 18.0 Å². The number of aliphatic hydroxyl groups is 1. The Morgan fingerprint density at radius 1 is 1.60 bits per heavy atom. The lowest BCUT2D eigenvalue weighted by molar-refractivity contribution is -0.174. The van der Waals surface area contributed by atoms with Crippen LogP contribution >= 0.6 is 0 Å². The first-order valence-electron chi connectivity index (χ1n) is 2.42. The van der Waals surface area contributed by atoms with Gasteiger partial charge in [0.25, 0.3) is 6.29 Å². The van der Waals surface area contributed by atoms with Gasteiger partial charge >= 0.3 is 5.97 Å². The number of ether oxygens (including phenoxy) is 1. The molecule has 1 N–H and O–H groups in total. The Bertz CT molecular complexity index is 161. The van der Waals surface area contributed by atoms with E-state index in [1.54, 1.807) is 0 Å². The highest BCUT2D eigenvalue weighted by Gasteiger charge is 2.13. The van der Waals surface area contributed by atoms with Crippen molar-refractivity contribution in [3.63, 3.8) is 0 Å². The minimum atomic E-state index is -1.82. The van der Waals surface area contributed by atoms with E-state index < -0.39 is 18.0 Å². The zero-order valence-electron chi connectivity index (χ0n) is 5.23. The van der Waals surface area contributed by atoms with E-state index in [0.717, 1.165) is 6.92 Å². The highest BCUT2D eigenvalue weighted by atomic mass is 16.6. The van der Waals surface area contributed by atoms with Gasteiger partial charge < -0.3 is 9.84 Å². The Kier molecular flexibility index (Phi) is 3.27. The van der Waals surface area contributed by atoms with E-state index in [2.05, 4.69) is 4.74 Å². The molecule has 10 heavy (non-hydrogen) atoms. The number of carbonyl (C=O) groups excluding carboxylic acids is 3. The molecule has 0 radical (unpaired) electrons. The van der Waals surface area contributed by atoms with Crippen molar-refractivity contribution in [2.24, 2.45) is 0 Å². The van der Waals surface area contributed by atoms with Crippen LogP contribution in [0.3, 0.4) is 0 Å². The Morgan fingerprint density at radius 3 is 2.40 bits per heavy atom. The number of ketones is 1. The maximum atomic E-state index is 10.2. The van der Waals surface area contributed by atoms with E-state index in [4.69, 9.17) is 5.11 Å². The third-order valence-electron chi connectivity index (χ3n) is 0.672. The average Bonchev–Trinajstić information content (AvgIpc) is 1.87. The maximum Gasteiger partial charge on any atom is 0.373 e. The fourth-order valence-electron chi connectivity index (χ4n) is 0.221. The Labute approximate surface area is 56.6 Å². The number of rotatable bonds is 3. The Hall–Kier alpha value is -1.23. The molecule has 0 aliphatic heterocycles. The molecule has 0 aromatic carbocycles. The molecule has 1 atom stereocenters. The van der Waals surface area contributed by atoms with E-state index in [0.29, 0.717) is 0 Å². The minimum absolute atomic E-state index is 0.133. The number of carbonyl (C=O) groups is 3. The molecule has 0 aliphatic carbocycles. The fourth-order valence-corrected chi connectivity index (χ4v) is 0.221. The van der Waals surface area contributed by atoms with Crippen molar-refractivity contribution in [2.75, 3.05) is 0 Å². The summed E-state index contributed by atoms with van der Waals surface area (Å²) in [5.74, 6) is -1.99. The number of hydrogen-bond donors (Lipinski definition) is 1. The summed E-state index contributed by atoms with van der Waals surface area (Å²) in [5, 5.41) is 8.48. The molecular formula is C5H6O5. The minimum Gasteiger partial charge on any atom is -0.423 e. The summed E-state index contributed by atoms with van der Waals surface area (Å²) in [7, 11) is 0. The van der Waals surface area contributed by atoms with Crippen molar-refractivity contribution in [1.82, 2.24) is 0 Å². The van der Waals surface area contributed by atoms with Gasteiger partial charge in [-0.3, -0.25) is 9.59 Å². The van der Waals surface area contributed by atoms with Gasteiger partial charge in [-0.25, -0.2) is 4.79 Å². The average molecular weight is 146 g/mol. The van der Waals surface area contributed by atoms with Crippen molar-refractivity contribution in [2.45, 2.75) is 13.2 Å². The molecule has 5 nitrogen and oxygen atoms in total. The van der Waals surface area contributed by atoms with Gasteiger partial charge in [0.2, 0.25) is 6.29 Å². The van der Waals surface area contributed by atoms with Crippen LogP contribution in [-0.2, 0) is 19.1 Å². The summed E-state index contributed by atoms with van der Waals surface area (Å²) in [4.78, 5) is 29.7. The predicted octanol–water partition coefficient (Wildman–Crippen LogP) is -1.36. The van der Waals surface area contributed by atoms with Crippen molar-refractivity contribution in [1.29, 1.82) is 0 Å². The SMILES string of the molecule is CC(=O)C(O)OC(=O)C=O.